The number of carboxylic acids is 2. The van der Waals surface area contributed by atoms with Gasteiger partial charge in [0, 0.05) is 23.3 Å². The molecule has 1 aromatic rings. The van der Waals surface area contributed by atoms with Crippen molar-refractivity contribution in [1.29, 1.82) is 0 Å². The van der Waals surface area contributed by atoms with Crippen molar-refractivity contribution in [2.45, 2.75) is 0 Å². The van der Waals surface area contributed by atoms with Crippen LogP contribution in [0.4, 0.5) is 0 Å². The van der Waals surface area contributed by atoms with Gasteiger partial charge in [-0.15, -0.1) is 0 Å². The van der Waals surface area contributed by atoms with E-state index in [0.717, 1.165) is 12.1 Å². The maximum absolute atomic E-state index is 10.2. The van der Waals surface area contributed by atoms with Crippen LogP contribution in [0.1, 0.15) is 21.1 Å². The number of hydrogen-bond acceptors (Lipinski definition) is 4. The van der Waals surface area contributed by atoms with Crippen LogP contribution in [-0.2, 0) is 10.8 Å². The second-order valence-electron chi connectivity index (χ2n) is 2.52. The highest BCUT2D eigenvalue weighted by molar-refractivity contribution is 7.83. The summed E-state index contributed by atoms with van der Waals surface area (Å²) in [6, 6.07) is 2.18. The third kappa shape index (κ3) is 5.63. The van der Waals surface area contributed by atoms with Crippen molar-refractivity contribution in [3.63, 3.8) is 0 Å². The molecule has 1 heterocycles. The van der Waals surface area contributed by atoms with E-state index in [1.807, 2.05) is 0 Å². The van der Waals surface area contributed by atoms with Crippen LogP contribution < -0.4 is 0 Å². The van der Waals surface area contributed by atoms with Gasteiger partial charge in [0.15, 0.2) is 0 Å². The molecular weight excluding hydrogens is 224 g/mol. The quantitative estimate of drug-likeness (QED) is 0.779. The van der Waals surface area contributed by atoms with E-state index >= 15 is 0 Å². The molecule has 1 aromatic heterocycles. The van der Waals surface area contributed by atoms with Gasteiger partial charge in [-0.05, 0) is 12.1 Å². The fourth-order valence-electron chi connectivity index (χ4n) is 0.568. The highest BCUT2D eigenvalue weighted by atomic mass is 32.2. The van der Waals surface area contributed by atoms with Gasteiger partial charge in [0.2, 0.25) is 11.5 Å². The van der Waals surface area contributed by atoms with Crippen molar-refractivity contribution in [3.8, 4) is 0 Å². The Morgan fingerprint density at radius 1 is 1.13 bits per heavy atom. The predicted molar refractivity (Wildman–Crippen MR) is 52.6 cm³/mol. The number of hydrogen-bond donors (Lipinski definition) is 2. The molecule has 1 rings (SSSR count). The molecule has 0 spiro atoms. The molecule has 0 fully saturated rings. The number of aromatic carboxylic acids is 2. The van der Waals surface area contributed by atoms with Gasteiger partial charge in [0.25, 0.3) is 0 Å². The summed E-state index contributed by atoms with van der Waals surface area (Å²) in [4.78, 5) is 20.3. The lowest BCUT2D eigenvalue weighted by Gasteiger charge is -1.84. The molecule has 0 bridgehead atoms. The zero-order valence-corrected chi connectivity index (χ0v) is 8.91. The molecule has 0 aliphatic carbocycles. The molecule has 0 saturated carbocycles. The average Bonchev–Trinajstić information content (AvgIpc) is 2.49. The molecule has 84 valence electrons. The summed E-state index contributed by atoms with van der Waals surface area (Å²) in [5.41, 5.74) is 0. The summed E-state index contributed by atoms with van der Waals surface area (Å²) in [6.07, 6.45) is 3.28. The van der Waals surface area contributed by atoms with Gasteiger partial charge < -0.3 is 14.6 Å². The summed E-state index contributed by atoms with van der Waals surface area (Å²) in [7, 11) is -0.611. The fraction of sp³-hybridized carbons (Fsp3) is 0.250. The molecular formula is C8H10O6S. The van der Waals surface area contributed by atoms with Crippen LogP contribution >= 0.6 is 0 Å². The molecule has 0 saturated heterocycles. The predicted octanol–water partition coefficient (Wildman–Crippen LogP) is 0.671. The van der Waals surface area contributed by atoms with Gasteiger partial charge in [0.05, 0.1) is 0 Å². The summed E-state index contributed by atoms with van der Waals surface area (Å²) >= 11 is 0. The zero-order chi connectivity index (χ0) is 12.0. The molecule has 7 heteroatoms. The zero-order valence-electron chi connectivity index (χ0n) is 8.09. The summed E-state index contributed by atoms with van der Waals surface area (Å²) in [5.74, 6) is -3.31. The van der Waals surface area contributed by atoms with Crippen LogP contribution in [0, 0.1) is 0 Å². The molecule has 6 nitrogen and oxygen atoms in total. The Bertz CT molecular complexity index is 348. The van der Waals surface area contributed by atoms with Crippen LogP contribution in [0.5, 0.6) is 0 Å². The van der Waals surface area contributed by atoms with E-state index in [1.54, 1.807) is 12.5 Å². The average molecular weight is 234 g/mol. The molecule has 0 radical (unpaired) electrons. The van der Waals surface area contributed by atoms with E-state index in [1.165, 1.54) is 0 Å². The number of carbonyl (C=O) groups is 2. The highest BCUT2D eigenvalue weighted by Gasteiger charge is 2.12. The van der Waals surface area contributed by atoms with E-state index in [2.05, 4.69) is 4.42 Å². The summed E-state index contributed by atoms with van der Waals surface area (Å²) in [5, 5.41) is 16.6. The summed E-state index contributed by atoms with van der Waals surface area (Å²) < 4.78 is 14.0. The largest absolute Gasteiger partial charge is 0.475 e. The Morgan fingerprint density at radius 2 is 1.40 bits per heavy atom. The van der Waals surface area contributed by atoms with Gasteiger partial charge in [-0.2, -0.15) is 0 Å². The minimum atomic E-state index is -1.28. The van der Waals surface area contributed by atoms with Crippen molar-refractivity contribution in [1.82, 2.24) is 0 Å². The first-order chi connectivity index (χ1) is 6.84. The first kappa shape index (κ1) is 13.4. The van der Waals surface area contributed by atoms with Gasteiger partial charge >= 0.3 is 11.9 Å². The van der Waals surface area contributed by atoms with Crippen molar-refractivity contribution in [2.75, 3.05) is 12.5 Å². The molecule has 0 unspecified atom stereocenters. The lowest BCUT2D eigenvalue weighted by molar-refractivity contribution is 0.0631. The Labute approximate surface area is 88.0 Å². The smallest absolute Gasteiger partial charge is 0.371 e. The maximum atomic E-state index is 10.2. The van der Waals surface area contributed by atoms with Crippen LogP contribution in [0.3, 0.4) is 0 Å². The van der Waals surface area contributed by atoms with Crippen LogP contribution in [-0.4, -0.2) is 38.9 Å². The van der Waals surface area contributed by atoms with E-state index in [9.17, 15) is 13.8 Å². The molecule has 0 aromatic carbocycles. The number of rotatable bonds is 2. The minimum Gasteiger partial charge on any atom is -0.475 e. The first-order valence-corrected chi connectivity index (χ1v) is 5.62. The second kappa shape index (κ2) is 5.97. The van der Waals surface area contributed by atoms with Gasteiger partial charge in [-0.3, -0.25) is 4.21 Å². The van der Waals surface area contributed by atoms with E-state index in [0.29, 0.717) is 0 Å². The van der Waals surface area contributed by atoms with Crippen LogP contribution in [0.2, 0.25) is 0 Å². The minimum absolute atomic E-state index is 0.373. The normalized spacial score (nSPS) is 9.27. The number of carboxylic acid groups (broad SMARTS) is 2. The lowest BCUT2D eigenvalue weighted by Crippen LogP contribution is -1.94. The Hall–Kier alpha value is -1.63. The molecule has 0 aliphatic rings. The fourth-order valence-corrected chi connectivity index (χ4v) is 0.568. The molecule has 0 aliphatic heterocycles. The van der Waals surface area contributed by atoms with Gasteiger partial charge in [-0.25, -0.2) is 9.59 Å². The molecule has 0 atom stereocenters. The monoisotopic (exact) mass is 234 g/mol. The van der Waals surface area contributed by atoms with Crippen molar-refractivity contribution >= 4 is 22.7 Å². The Morgan fingerprint density at radius 3 is 1.53 bits per heavy atom. The SMILES string of the molecule is CS(C)=O.O=C(O)c1ccc(C(=O)O)o1. The van der Waals surface area contributed by atoms with Gasteiger partial charge in [0.1, 0.15) is 0 Å². The first-order valence-electron chi connectivity index (χ1n) is 3.66. The highest BCUT2D eigenvalue weighted by Crippen LogP contribution is 2.06. The third-order valence-electron chi connectivity index (χ3n) is 1.03. The lowest BCUT2D eigenvalue weighted by atomic mass is 10.4. The molecule has 0 amide bonds. The number of furan rings is 1. The van der Waals surface area contributed by atoms with Crippen LogP contribution in [0.25, 0.3) is 0 Å². The van der Waals surface area contributed by atoms with Crippen molar-refractivity contribution in [3.05, 3.63) is 23.7 Å². The van der Waals surface area contributed by atoms with E-state index in [4.69, 9.17) is 10.2 Å². The Kier molecular flexibility index (Phi) is 5.32. The molecule has 2 N–H and O–H groups in total. The summed E-state index contributed by atoms with van der Waals surface area (Å²) in [6.45, 7) is 0. The van der Waals surface area contributed by atoms with E-state index in [-0.39, 0.29) is 11.5 Å². The van der Waals surface area contributed by atoms with Crippen molar-refractivity contribution < 1.29 is 28.4 Å². The van der Waals surface area contributed by atoms with Crippen LogP contribution in [0.15, 0.2) is 16.5 Å². The van der Waals surface area contributed by atoms with Crippen molar-refractivity contribution in [2.24, 2.45) is 0 Å². The Balaban J connectivity index is 0.000000423. The van der Waals surface area contributed by atoms with E-state index < -0.39 is 22.7 Å². The maximum Gasteiger partial charge on any atom is 0.371 e. The third-order valence-corrected chi connectivity index (χ3v) is 1.03. The topological polar surface area (TPSA) is 105 Å². The standard InChI is InChI=1S/C6H4O5.C2H6OS/c7-5(8)3-1-2-4(11-3)6(9)10;1-4(2)3/h1-2H,(H,7,8)(H,9,10);1-2H3. The second-order valence-corrected chi connectivity index (χ2v) is 4.00. The van der Waals surface area contributed by atoms with Gasteiger partial charge in [-0.1, -0.05) is 0 Å². The molecule has 15 heavy (non-hydrogen) atoms.